The molecule has 0 saturated carbocycles. The topological polar surface area (TPSA) is 37.3 Å². The van der Waals surface area contributed by atoms with Crippen LogP contribution in [-0.4, -0.2) is 11.1 Å². The minimum absolute atomic E-state index is 0.0216. The highest BCUT2D eigenvalue weighted by Gasteiger charge is 2.30. The van der Waals surface area contributed by atoms with E-state index in [1.807, 2.05) is 0 Å². The summed E-state index contributed by atoms with van der Waals surface area (Å²) >= 11 is 6.02. The SMILES string of the molecule is Cc1cc(C(F)(F)F)ccc1-c1ccc(C(=O)O)cc1Cl. The van der Waals surface area contributed by atoms with Crippen LogP contribution >= 0.6 is 11.6 Å². The summed E-state index contributed by atoms with van der Waals surface area (Å²) in [5.74, 6) is -1.12. The maximum Gasteiger partial charge on any atom is 0.416 e. The van der Waals surface area contributed by atoms with Crippen molar-refractivity contribution in [3.8, 4) is 11.1 Å². The molecule has 0 atom stereocenters. The zero-order valence-corrected chi connectivity index (χ0v) is 11.6. The van der Waals surface area contributed by atoms with Gasteiger partial charge in [-0.25, -0.2) is 4.79 Å². The zero-order valence-electron chi connectivity index (χ0n) is 10.8. The van der Waals surface area contributed by atoms with Crippen molar-refractivity contribution in [2.75, 3.05) is 0 Å². The van der Waals surface area contributed by atoms with Crippen molar-refractivity contribution in [3.05, 3.63) is 58.1 Å². The van der Waals surface area contributed by atoms with Crippen LogP contribution in [-0.2, 0) is 6.18 Å². The summed E-state index contributed by atoms with van der Waals surface area (Å²) in [6.45, 7) is 1.55. The van der Waals surface area contributed by atoms with Crippen LogP contribution in [0.1, 0.15) is 21.5 Å². The van der Waals surface area contributed by atoms with Gasteiger partial charge in [0.25, 0.3) is 0 Å². The lowest BCUT2D eigenvalue weighted by Gasteiger charge is -2.12. The number of benzene rings is 2. The van der Waals surface area contributed by atoms with Gasteiger partial charge in [0.05, 0.1) is 11.1 Å². The van der Waals surface area contributed by atoms with E-state index in [1.165, 1.54) is 24.3 Å². The molecule has 0 spiro atoms. The average molecular weight is 315 g/mol. The molecule has 0 saturated heterocycles. The van der Waals surface area contributed by atoms with Gasteiger partial charge in [0.1, 0.15) is 0 Å². The van der Waals surface area contributed by atoms with Crippen molar-refractivity contribution >= 4 is 17.6 Å². The number of aryl methyl sites for hydroxylation is 1. The number of hydrogen-bond donors (Lipinski definition) is 1. The Labute approximate surface area is 123 Å². The van der Waals surface area contributed by atoms with Crippen LogP contribution in [0.2, 0.25) is 5.02 Å². The predicted molar refractivity (Wildman–Crippen MR) is 73.6 cm³/mol. The number of hydrogen-bond acceptors (Lipinski definition) is 1. The highest BCUT2D eigenvalue weighted by molar-refractivity contribution is 6.33. The van der Waals surface area contributed by atoms with E-state index in [1.54, 1.807) is 6.92 Å². The van der Waals surface area contributed by atoms with Crippen LogP contribution in [0.3, 0.4) is 0 Å². The summed E-state index contributed by atoms with van der Waals surface area (Å²) in [7, 11) is 0. The summed E-state index contributed by atoms with van der Waals surface area (Å²) in [5.41, 5.74) is 0.725. The molecule has 0 aliphatic carbocycles. The van der Waals surface area contributed by atoms with Crippen molar-refractivity contribution in [2.24, 2.45) is 0 Å². The van der Waals surface area contributed by atoms with Gasteiger partial charge < -0.3 is 5.11 Å². The van der Waals surface area contributed by atoms with Crippen LogP contribution in [0.5, 0.6) is 0 Å². The molecule has 0 unspecified atom stereocenters. The fourth-order valence-electron chi connectivity index (χ4n) is 2.01. The number of alkyl halides is 3. The van der Waals surface area contributed by atoms with Gasteiger partial charge in [-0.3, -0.25) is 0 Å². The van der Waals surface area contributed by atoms with Crippen LogP contribution in [0.4, 0.5) is 13.2 Å². The van der Waals surface area contributed by atoms with E-state index in [4.69, 9.17) is 16.7 Å². The molecule has 0 heterocycles. The number of carboxylic acid groups (broad SMARTS) is 1. The summed E-state index contributed by atoms with van der Waals surface area (Å²) in [6, 6.07) is 7.47. The summed E-state index contributed by atoms with van der Waals surface area (Å²) in [6.07, 6.45) is -4.40. The standard InChI is InChI=1S/C15H10ClF3O2/c1-8-6-10(15(17,18)19)3-5-11(8)12-4-2-9(14(20)21)7-13(12)16/h2-7H,1H3,(H,20,21). The molecule has 6 heteroatoms. The van der Waals surface area contributed by atoms with Gasteiger partial charge in [-0.1, -0.05) is 23.7 Å². The van der Waals surface area contributed by atoms with E-state index in [-0.39, 0.29) is 10.6 Å². The summed E-state index contributed by atoms with van der Waals surface area (Å²) in [5, 5.41) is 9.05. The first-order valence-corrected chi connectivity index (χ1v) is 6.29. The Balaban J connectivity index is 2.50. The molecule has 0 bridgehead atoms. The Morgan fingerprint density at radius 1 is 1.10 bits per heavy atom. The molecule has 0 fully saturated rings. The lowest BCUT2D eigenvalue weighted by atomic mass is 9.97. The molecule has 0 amide bonds. The monoisotopic (exact) mass is 314 g/mol. The van der Waals surface area contributed by atoms with Gasteiger partial charge in [-0.15, -0.1) is 0 Å². The van der Waals surface area contributed by atoms with Gasteiger partial charge in [0.2, 0.25) is 0 Å². The molecular formula is C15H10ClF3O2. The van der Waals surface area contributed by atoms with E-state index in [0.29, 0.717) is 16.7 Å². The van der Waals surface area contributed by atoms with Gasteiger partial charge in [-0.05, 0) is 42.3 Å². The minimum atomic E-state index is -4.40. The van der Waals surface area contributed by atoms with E-state index < -0.39 is 17.7 Å². The Bertz CT molecular complexity index is 709. The lowest BCUT2D eigenvalue weighted by Crippen LogP contribution is -2.05. The Morgan fingerprint density at radius 2 is 1.71 bits per heavy atom. The highest BCUT2D eigenvalue weighted by atomic mass is 35.5. The predicted octanol–water partition coefficient (Wildman–Crippen LogP) is 5.03. The molecule has 0 aliphatic rings. The van der Waals surface area contributed by atoms with E-state index in [0.717, 1.165) is 12.1 Å². The van der Waals surface area contributed by atoms with Crippen molar-refractivity contribution in [1.82, 2.24) is 0 Å². The Hall–Kier alpha value is -2.01. The molecule has 21 heavy (non-hydrogen) atoms. The molecule has 2 nitrogen and oxygen atoms in total. The third-order valence-electron chi connectivity index (χ3n) is 3.06. The van der Waals surface area contributed by atoms with Gasteiger partial charge in [0.15, 0.2) is 0 Å². The second-order valence-corrected chi connectivity index (χ2v) is 4.93. The van der Waals surface area contributed by atoms with Crippen LogP contribution in [0.25, 0.3) is 11.1 Å². The normalized spacial score (nSPS) is 11.5. The molecule has 2 rings (SSSR count). The summed E-state index contributed by atoms with van der Waals surface area (Å²) in [4.78, 5) is 10.8. The maximum atomic E-state index is 12.6. The minimum Gasteiger partial charge on any atom is -0.478 e. The van der Waals surface area contributed by atoms with E-state index in [2.05, 4.69) is 0 Å². The zero-order chi connectivity index (χ0) is 15.8. The molecule has 2 aromatic carbocycles. The molecular weight excluding hydrogens is 305 g/mol. The highest BCUT2D eigenvalue weighted by Crippen LogP contribution is 2.35. The largest absolute Gasteiger partial charge is 0.478 e. The number of aromatic carboxylic acids is 1. The lowest BCUT2D eigenvalue weighted by molar-refractivity contribution is -0.137. The molecule has 0 aromatic heterocycles. The molecule has 1 N–H and O–H groups in total. The Morgan fingerprint density at radius 3 is 2.19 bits per heavy atom. The maximum absolute atomic E-state index is 12.6. The fraction of sp³-hybridized carbons (Fsp3) is 0.133. The van der Waals surface area contributed by atoms with Crippen molar-refractivity contribution < 1.29 is 23.1 Å². The van der Waals surface area contributed by atoms with Gasteiger partial charge in [0, 0.05) is 10.6 Å². The Kier molecular flexibility index (Phi) is 3.96. The van der Waals surface area contributed by atoms with Gasteiger partial charge in [-0.2, -0.15) is 13.2 Å². The second-order valence-electron chi connectivity index (χ2n) is 4.53. The second kappa shape index (κ2) is 5.41. The first kappa shape index (κ1) is 15.4. The third-order valence-corrected chi connectivity index (χ3v) is 3.37. The van der Waals surface area contributed by atoms with E-state index >= 15 is 0 Å². The third kappa shape index (κ3) is 3.19. The van der Waals surface area contributed by atoms with Crippen molar-refractivity contribution in [1.29, 1.82) is 0 Å². The number of carbonyl (C=O) groups is 1. The van der Waals surface area contributed by atoms with E-state index in [9.17, 15) is 18.0 Å². The molecule has 2 aromatic rings. The van der Waals surface area contributed by atoms with Crippen LogP contribution in [0, 0.1) is 6.92 Å². The first-order chi connectivity index (χ1) is 9.70. The first-order valence-electron chi connectivity index (χ1n) is 5.91. The molecule has 110 valence electrons. The quantitative estimate of drug-likeness (QED) is 0.844. The number of halogens is 4. The van der Waals surface area contributed by atoms with Gasteiger partial charge >= 0.3 is 12.1 Å². The van der Waals surface area contributed by atoms with Crippen molar-refractivity contribution in [3.63, 3.8) is 0 Å². The van der Waals surface area contributed by atoms with Crippen LogP contribution < -0.4 is 0 Å². The number of carboxylic acids is 1. The number of rotatable bonds is 2. The summed E-state index contributed by atoms with van der Waals surface area (Å²) < 4.78 is 37.9. The smallest absolute Gasteiger partial charge is 0.416 e. The molecule has 0 radical (unpaired) electrons. The van der Waals surface area contributed by atoms with Crippen molar-refractivity contribution in [2.45, 2.75) is 13.1 Å². The molecule has 0 aliphatic heterocycles. The average Bonchev–Trinajstić information content (AvgIpc) is 2.38. The van der Waals surface area contributed by atoms with Crippen LogP contribution in [0.15, 0.2) is 36.4 Å². The fourth-order valence-corrected chi connectivity index (χ4v) is 2.29.